The molecule has 102 valence electrons. The average Bonchev–Trinajstić information content (AvgIpc) is 2.32. The van der Waals surface area contributed by atoms with Gasteiger partial charge in [0.15, 0.2) is 0 Å². The standard InChI is InChI=1S/C11H17ClN2O3S/c1-3-4-14(5-6-15)18(16,17)10-7-9(2)11(12)13-8-10/h7-8,15H,3-6H2,1-2H3. The molecule has 1 rings (SSSR count). The minimum atomic E-state index is -3.61. The Labute approximate surface area is 112 Å². The van der Waals surface area contributed by atoms with Crippen LogP contribution in [0.2, 0.25) is 5.15 Å². The van der Waals surface area contributed by atoms with Gasteiger partial charge in [0.25, 0.3) is 0 Å². The van der Waals surface area contributed by atoms with Crippen LogP contribution in [0.5, 0.6) is 0 Å². The monoisotopic (exact) mass is 292 g/mol. The van der Waals surface area contributed by atoms with Gasteiger partial charge in [0, 0.05) is 19.3 Å². The predicted octanol–water partition coefficient (Wildman–Crippen LogP) is 1.44. The van der Waals surface area contributed by atoms with E-state index in [1.54, 1.807) is 6.92 Å². The molecule has 0 unspecified atom stereocenters. The summed E-state index contributed by atoms with van der Waals surface area (Å²) in [5, 5.41) is 9.22. The summed E-state index contributed by atoms with van der Waals surface area (Å²) < 4.78 is 25.9. The van der Waals surface area contributed by atoms with Gasteiger partial charge in [0.05, 0.1) is 6.61 Å². The van der Waals surface area contributed by atoms with Crippen LogP contribution in [0, 0.1) is 6.92 Å². The SMILES string of the molecule is CCCN(CCO)S(=O)(=O)c1cnc(Cl)c(C)c1. The predicted molar refractivity (Wildman–Crippen MR) is 70.1 cm³/mol. The number of aliphatic hydroxyl groups is 1. The Bertz CT molecular complexity index is 499. The van der Waals surface area contributed by atoms with Crippen LogP contribution in [0.25, 0.3) is 0 Å². The Kier molecular flexibility index (Phi) is 5.52. The minimum Gasteiger partial charge on any atom is -0.395 e. The van der Waals surface area contributed by atoms with E-state index in [9.17, 15) is 8.42 Å². The van der Waals surface area contributed by atoms with Crippen molar-refractivity contribution in [3.05, 3.63) is 23.0 Å². The lowest BCUT2D eigenvalue weighted by Crippen LogP contribution is -2.34. The van der Waals surface area contributed by atoms with E-state index in [-0.39, 0.29) is 23.2 Å². The Morgan fingerprint density at radius 1 is 1.44 bits per heavy atom. The molecule has 0 bridgehead atoms. The number of pyridine rings is 1. The Balaban J connectivity index is 3.13. The van der Waals surface area contributed by atoms with Crippen LogP contribution in [0.3, 0.4) is 0 Å². The number of sulfonamides is 1. The molecule has 7 heteroatoms. The van der Waals surface area contributed by atoms with Gasteiger partial charge in [0.1, 0.15) is 10.0 Å². The largest absolute Gasteiger partial charge is 0.395 e. The van der Waals surface area contributed by atoms with E-state index in [4.69, 9.17) is 16.7 Å². The highest BCUT2D eigenvalue weighted by Gasteiger charge is 2.24. The number of rotatable bonds is 6. The Morgan fingerprint density at radius 2 is 2.11 bits per heavy atom. The average molecular weight is 293 g/mol. The van der Waals surface area contributed by atoms with Crippen molar-refractivity contribution in [2.75, 3.05) is 19.7 Å². The van der Waals surface area contributed by atoms with E-state index in [0.29, 0.717) is 18.5 Å². The number of aryl methyl sites for hydroxylation is 1. The molecular weight excluding hydrogens is 276 g/mol. The Morgan fingerprint density at radius 3 is 2.61 bits per heavy atom. The number of aromatic nitrogens is 1. The van der Waals surface area contributed by atoms with Crippen molar-refractivity contribution in [3.63, 3.8) is 0 Å². The van der Waals surface area contributed by atoms with Crippen LogP contribution < -0.4 is 0 Å². The summed E-state index contributed by atoms with van der Waals surface area (Å²) in [6, 6.07) is 1.49. The summed E-state index contributed by atoms with van der Waals surface area (Å²) in [4.78, 5) is 3.95. The summed E-state index contributed by atoms with van der Waals surface area (Å²) >= 11 is 5.77. The molecule has 0 amide bonds. The number of nitrogens with zero attached hydrogens (tertiary/aromatic N) is 2. The van der Waals surface area contributed by atoms with Gasteiger partial charge < -0.3 is 5.11 Å². The van der Waals surface area contributed by atoms with Gasteiger partial charge in [-0.15, -0.1) is 0 Å². The molecule has 0 radical (unpaired) electrons. The maximum absolute atomic E-state index is 12.3. The smallest absolute Gasteiger partial charge is 0.244 e. The van der Waals surface area contributed by atoms with Crippen LogP contribution in [0.4, 0.5) is 0 Å². The first-order valence-electron chi connectivity index (χ1n) is 5.66. The zero-order valence-corrected chi connectivity index (χ0v) is 12.0. The van der Waals surface area contributed by atoms with Crippen LogP contribution in [0.1, 0.15) is 18.9 Å². The minimum absolute atomic E-state index is 0.0812. The summed E-state index contributed by atoms with van der Waals surface area (Å²) in [6.07, 6.45) is 1.92. The van der Waals surface area contributed by atoms with Gasteiger partial charge >= 0.3 is 0 Å². The van der Waals surface area contributed by atoms with E-state index in [1.807, 2.05) is 6.92 Å². The highest BCUT2D eigenvalue weighted by molar-refractivity contribution is 7.89. The molecular formula is C11H17ClN2O3S. The third-order valence-corrected chi connectivity index (χ3v) is 4.71. The zero-order valence-electron chi connectivity index (χ0n) is 10.4. The number of hydrogen-bond acceptors (Lipinski definition) is 4. The number of aliphatic hydroxyl groups excluding tert-OH is 1. The van der Waals surface area contributed by atoms with Crippen molar-refractivity contribution >= 4 is 21.6 Å². The molecule has 1 aromatic heterocycles. The van der Waals surface area contributed by atoms with Gasteiger partial charge in [0.2, 0.25) is 10.0 Å². The zero-order chi connectivity index (χ0) is 13.8. The summed E-state index contributed by atoms with van der Waals surface area (Å²) in [6.45, 7) is 3.82. The second kappa shape index (κ2) is 6.47. The van der Waals surface area contributed by atoms with Crippen LogP contribution in [-0.2, 0) is 10.0 Å². The van der Waals surface area contributed by atoms with E-state index >= 15 is 0 Å². The lowest BCUT2D eigenvalue weighted by Gasteiger charge is -2.20. The first kappa shape index (κ1) is 15.4. The number of hydrogen-bond donors (Lipinski definition) is 1. The fraction of sp³-hybridized carbons (Fsp3) is 0.545. The highest BCUT2D eigenvalue weighted by Crippen LogP contribution is 2.19. The lowest BCUT2D eigenvalue weighted by atomic mass is 10.3. The first-order valence-corrected chi connectivity index (χ1v) is 7.48. The third-order valence-electron chi connectivity index (χ3n) is 2.45. The van der Waals surface area contributed by atoms with Crippen LogP contribution in [0.15, 0.2) is 17.2 Å². The summed E-state index contributed by atoms with van der Waals surface area (Å²) in [7, 11) is -3.61. The van der Waals surface area contributed by atoms with Crippen molar-refractivity contribution in [3.8, 4) is 0 Å². The Hall–Kier alpha value is -0.690. The van der Waals surface area contributed by atoms with Gasteiger partial charge in [-0.05, 0) is 25.0 Å². The molecule has 1 N–H and O–H groups in total. The fourth-order valence-corrected chi connectivity index (χ4v) is 3.19. The molecule has 0 fully saturated rings. The van der Waals surface area contributed by atoms with Crippen molar-refractivity contribution in [1.29, 1.82) is 0 Å². The molecule has 0 saturated carbocycles. The van der Waals surface area contributed by atoms with Crippen LogP contribution >= 0.6 is 11.6 Å². The second-order valence-corrected chi connectivity index (χ2v) is 6.20. The van der Waals surface area contributed by atoms with E-state index in [2.05, 4.69) is 4.98 Å². The van der Waals surface area contributed by atoms with Gasteiger partial charge in [-0.3, -0.25) is 0 Å². The van der Waals surface area contributed by atoms with Crippen LogP contribution in [-0.4, -0.2) is 42.5 Å². The van der Waals surface area contributed by atoms with Gasteiger partial charge in [-0.1, -0.05) is 18.5 Å². The molecule has 1 aromatic rings. The summed E-state index contributed by atoms with van der Waals surface area (Å²) in [5.41, 5.74) is 0.609. The van der Waals surface area contributed by atoms with Crippen molar-refractivity contribution in [2.45, 2.75) is 25.2 Å². The van der Waals surface area contributed by atoms with Gasteiger partial charge in [-0.25, -0.2) is 13.4 Å². The molecule has 0 atom stereocenters. The maximum Gasteiger partial charge on any atom is 0.244 e. The molecule has 0 saturated heterocycles. The molecule has 0 aromatic carbocycles. The quantitative estimate of drug-likeness (QED) is 0.805. The molecule has 0 aliphatic rings. The van der Waals surface area contributed by atoms with E-state index < -0.39 is 10.0 Å². The van der Waals surface area contributed by atoms with Crippen molar-refractivity contribution in [2.24, 2.45) is 0 Å². The summed E-state index contributed by atoms with van der Waals surface area (Å²) in [5.74, 6) is 0. The topological polar surface area (TPSA) is 70.5 Å². The third kappa shape index (κ3) is 3.41. The highest BCUT2D eigenvalue weighted by atomic mass is 35.5. The van der Waals surface area contributed by atoms with Crippen molar-refractivity contribution < 1.29 is 13.5 Å². The molecule has 5 nitrogen and oxygen atoms in total. The number of halogens is 1. The molecule has 0 spiro atoms. The second-order valence-electron chi connectivity index (χ2n) is 3.91. The van der Waals surface area contributed by atoms with Crippen molar-refractivity contribution in [1.82, 2.24) is 9.29 Å². The lowest BCUT2D eigenvalue weighted by molar-refractivity contribution is 0.253. The fourth-order valence-electron chi connectivity index (χ4n) is 1.54. The molecule has 18 heavy (non-hydrogen) atoms. The molecule has 0 aliphatic carbocycles. The normalized spacial score (nSPS) is 12.1. The van der Waals surface area contributed by atoms with E-state index in [1.165, 1.54) is 16.6 Å². The molecule has 0 aliphatic heterocycles. The molecule has 1 heterocycles. The first-order chi connectivity index (χ1) is 8.43. The maximum atomic E-state index is 12.3. The van der Waals surface area contributed by atoms with Gasteiger partial charge in [-0.2, -0.15) is 4.31 Å². The van der Waals surface area contributed by atoms with E-state index in [0.717, 1.165) is 0 Å².